The summed E-state index contributed by atoms with van der Waals surface area (Å²) in [6.45, 7) is 6.95. The minimum Gasteiger partial charge on any atom is -0.460 e. The van der Waals surface area contributed by atoms with E-state index in [0.29, 0.717) is 63.7 Å². The van der Waals surface area contributed by atoms with Gasteiger partial charge in [-0.05, 0) is 50.5 Å². The molecule has 4 amide bonds. The third kappa shape index (κ3) is 21.1. The molecule has 1 rings (SSSR count). The largest absolute Gasteiger partial charge is 0.460 e. The smallest absolute Gasteiger partial charge is 0.308 e. The average Bonchev–Trinajstić information content (AvgIpc) is 3.04. The van der Waals surface area contributed by atoms with Crippen LogP contribution in [0.4, 0.5) is 5.69 Å². The number of aliphatic hydroxyl groups excluding tert-OH is 2. The fraction of sp³-hybridized carbons (Fsp3) is 0.656. The van der Waals surface area contributed by atoms with Gasteiger partial charge in [-0.1, -0.05) is 6.07 Å². The molecule has 16 heteroatoms. The van der Waals surface area contributed by atoms with Crippen molar-refractivity contribution in [2.45, 2.75) is 58.8 Å². The summed E-state index contributed by atoms with van der Waals surface area (Å²) in [6.07, 6.45) is 0.546. The number of nitrogens with one attached hydrogen (secondary N) is 4. The molecule has 0 radical (unpaired) electrons. The number of rotatable bonds is 25. The quantitative estimate of drug-likeness (QED) is 0.0549. The summed E-state index contributed by atoms with van der Waals surface area (Å²) in [4.78, 5) is 62.0. The maximum atomic E-state index is 12.4. The lowest BCUT2D eigenvalue weighted by atomic mass is 10.1. The first-order valence-corrected chi connectivity index (χ1v) is 15.9. The Morgan fingerprint density at radius 1 is 0.688 bits per heavy atom. The molecule has 0 fully saturated rings. The molecule has 0 saturated heterocycles. The third-order valence-corrected chi connectivity index (χ3v) is 6.32. The molecule has 0 spiro atoms. The lowest BCUT2D eigenvalue weighted by molar-refractivity contribution is -0.154. The van der Waals surface area contributed by atoms with E-state index < -0.39 is 29.3 Å². The van der Waals surface area contributed by atoms with Crippen molar-refractivity contribution >= 4 is 35.3 Å². The predicted molar refractivity (Wildman–Crippen MR) is 176 cm³/mol. The first kappa shape index (κ1) is 42.2. The molecule has 272 valence electrons. The van der Waals surface area contributed by atoms with Crippen LogP contribution < -0.4 is 26.2 Å². The van der Waals surface area contributed by atoms with Gasteiger partial charge in [0.2, 0.25) is 23.6 Å². The van der Waals surface area contributed by atoms with Gasteiger partial charge in [-0.2, -0.15) is 0 Å². The van der Waals surface area contributed by atoms with Crippen molar-refractivity contribution in [2.24, 2.45) is 0 Å². The summed E-state index contributed by atoms with van der Waals surface area (Å²) in [5.41, 5.74) is 1.43. The Morgan fingerprint density at radius 3 is 1.75 bits per heavy atom. The maximum Gasteiger partial charge on any atom is 0.308 e. The van der Waals surface area contributed by atoms with Crippen molar-refractivity contribution in [2.75, 3.05) is 84.3 Å². The average molecular weight is 684 g/mol. The molecule has 0 aromatic heterocycles. The molecule has 6 N–H and O–H groups in total. The number of methoxy groups -OCH3 is 1. The van der Waals surface area contributed by atoms with Crippen molar-refractivity contribution in [3.05, 3.63) is 29.3 Å². The molecule has 1 aromatic carbocycles. The van der Waals surface area contributed by atoms with Crippen LogP contribution in [0.3, 0.4) is 0 Å². The predicted octanol–water partition coefficient (Wildman–Crippen LogP) is -0.866. The second-order valence-electron chi connectivity index (χ2n) is 11.6. The van der Waals surface area contributed by atoms with E-state index in [0.717, 1.165) is 5.69 Å². The second-order valence-corrected chi connectivity index (χ2v) is 11.6. The number of hydrogen-bond acceptors (Lipinski definition) is 12. The number of anilines is 1. The summed E-state index contributed by atoms with van der Waals surface area (Å²) < 4.78 is 21.2. The van der Waals surface area contributed by atoms with Crippen molar-refractivity contribution in [1.82, 2.24) is 21.3 Å². The molecule has 0 atom stereocenters. The van der Waals surface area contributed by atoms with Crippen molar-refractivity contribution in [3.63, 3.8) is 0 Å². The van der Waals surface area contributed by atoms with Crippen molar-refractivity contribution in [1.29, 1.82) is 0 Å². The molecule has 0 heterocycles. The first-order chi connectivity index (χ1) is 22.9. The number of aliphatic hydroxyl groups is 2. The van der Waals surface area contributed by atoms with Gasteiger partial charge in [0, 0.05) is 38.9 Å². The van der Waals surface area contributed by atoms with Crippen LogP contribution in [-0.2, 0) is 56.1 Å². The number of carbonyl (C=O) groups is 5. The van der Waals surface area contributed by atoms with E-state index in [1.807, 2.05) is 17.0 Å². The first-order valence-electron chi connectivity index (χ1n) is 15.9. The van der Waals surface area contributed by atoms with Crippen LogP contribution in [-0.4, -0.2) is 125 Å². The number of esters is 1. The molecule has 16 nitrogen and oxygen atoms in total. The minimum absolute atomic E-state index is 0.0115. The van der Waals surface area contributed by atoms with Gasteiger partial charge in [-0.15, -0.1) is 0 Å². The van der Waals surface area contributed by atoms with E-state index in [1.54, 1.807) is 33.9 Å². The standard InChI is InChI=1S/C32H53N5O11/c1-32(2,3)48-31(44)7-8-33-28(41)19-35-30(43)21-36-29(42)20-34-27(40)6-5-9-37(10-11-46-14-15-47-13-12-45-4)26-17-24(22-38)16-25(18-26)23-39/h16-18,38-39H,5-15,19-23H2,1-4H3,(H,33,41)(H,34,40)(H,35,43)(H,36,42). The molecule has 48 heavy (non-hydrogen) atoms. The van der Waals surface area contributed by atoms with E-state index >= 15 is 0 Å². The summed E-state index contributed by atoms with van der Waals surface area (Å²) in [5.74, 6) is -2.50. The third-order valence-electron chi connectivity index (χ3n) is 6.32. The van der Waals surface area contributed by atoms with E-state index in [9.17, 15) is 34.2 Å². The molecule has 0 bridgehead atoms. The van der Waals surface area contributed by atoms with Gasteiger partial charge >= 0.3 is 5.97 Å². The highest BCUT2D eigenvalue weighted by molar-refractivity contribution is 5.90. The number of hydrogen-bond donors (Lipinski definition) is 6. The number of carbonyl (C=O) groups excluding carboxylic acids is 5. The SMILES string of the molecule is COCCOCCOCCN(CCCC(=O)NCC(=O)NCC(=O)NCC(=O)NCCC(=O)OC(C)(C)C)c1cc(CO)cc(CO)c1. The van der Waals surface area contributed by atoms with Crippen molar-refractivity contribution in [3.8, 4) is 0 Å². The van der Waals surface area contributed by atoms with Crippen LogP contribution >= 0.6 is 0 Å². The zero-order valence-electron chi connectivity index (χ0n) is 28.6. The van der Waals surface area contributed by atoms with Crippen LogP contribution in [0.1, 0.15) is 51.2 Å². The highest BCUT2D eigenvalue weighted by Crippen LogP contribution is 2.20. The number of amides is 4. The van der Waals surface area contributed by atoms with Gasteiger partial charge in [0.05, 0.1) is 72.3 Å². The Morgan fingerprint density at radius 2 is 1.21 bits per heavy atom. The Balaban J connectivity index is 2.40. The highest BCUT2D eigenvalue weighted by Gasteiger charge is 2.16. The van der Waals surface area contributed by atoms with E-state index in [2.05, 4.69) is 21.3 Å². The van der Waals surface area contributed by atoms with E-state index in [4.69, 9.17) is 18.9 Å². The molecule has 0 aliphatic carbocycles. The number of nitrogens with zero attached hydrogens (tertiary/aromatic N) is 1. The normalized spacial score (nSPS) is 11.0. The Kier molecular flexibility index (Phi) is 21.4. The van der Waals surface area contributed by atoms with Crippen LogP contribution in [0.25, 0.3) is 0 Å². The molecular weight excluding hydrogens is 630 g/mol. The lowest BCUT2D eigenvalue weighted by Gasteiger charge is -2.26. The van der Waals surface area contributed by atoms with Crippen molar-refractivity contribution < 1.29 is 53.1 Å². The molecular formula is C32H53N5O11. The van der Waals surface area contributed by atoms with Gasteiger partial charge in [0.15, 0.2) is 0 Å². The Hall–Kier alpha value is -3.83. The summed E-state index contributed by atoms with van der Waals surface area (Å²) in [5, 5.41) is 29.0. The molecule has 0 saturated carbocycles. The molecule has 0 aliphatic heterocycles. The van der Waals surface area contributed by atoms with Crippen LogP contribution in [0.2, 0.25) is 0 Å². The van der Waals surface area contributed by atoms with Crippen LogP contribution in [0, 0.1) is 0 Å². The second kappa shape index (κ2) is 24.3. The fourth-order valence-corrected chi connectivity index (χ4v) is 4.06. The zero-order valence-corrected chi connectivity index (χ0v) is 28.6. The molecule has 1 aromatic rings. The van der Waals surface area contributed by atoms with E-state index in [-0.39, 0.29) is 58.1 Å². The monoisotopic (exact) mass is 683 g/mol. The summed E-state index contributed by atoms with van der Waals surface area (Å²) in [7, 11) is 1.60. The summed E-state index contributed by atoms with van der Waals surface area (Å²) in [6, 6.07) is 5.34. The topological polar surface area (TPSA) is 214 Å². The van der Waals surface area contributed by atoms with Gasteiger partial charge < -0.3 is 55.3 Å². The van der Waals surface area contributed by atoms with Crippen LogP contribution in [0.15, 0.2) is 18.2 Å². The van der Waals surface area contributed by atoms with Crippen LogP contribution in [0.5, 0.6) is 0 Å². The highest BCUT2D eigenvalue weighted by atomic mass is 16.6. The number of benzene rings is 1. The van der Waals surface area contributed by atoms with Gasteiger partial charge in [-0.25, -0.2) is 0 Å². The zero-order chi connectivity index (χ0) is 35.8. The Labute approximate surface area is 282 Å². The molecule has 0 aliphatic rings. The fourth-order valence-electron chi connectivity index (χ4n) is 4.06. The number of ether oxygens (including phenoxy) is 4. The van der Waals surface area contributed by atoms with Gasteiger partial charge in [0.25, 0.3) is 0 Å². The Bertz CT molecular complexity index is 1120. The molecule has 0 unspecified atom stereocenters. The van der Waals surface area contributed by atoms with E-state index in [1.165, 1.54) is 0 Å². The maximum absolute atomic E-state index is 12.4. The summed E-state index contributed by atoms with van der Waals surface area (Å²) >= 11 is 0. The van der Waals surface area contributed by atoms with Gasteiger partial charge in [-0.3, -0.25) is 24.0 Å². The van der Waals surface area contributed by atoms with Gasteiger partial charge in [0.1, 0.15) is 5.60 Å². The lowest BCUT2D eigenvalue weighted by Crippen LogP contribution is -2.44. The minimum atomic E-state index is -0.622.